The van der Waals surface area contributed by atoms with E-state index in [0.717, 1.165) is 31.9 Å². The van der Waals surface area contributed by atoms with E-state index in [9.17, 15) is 4.79 Å². The molecule has 0 radical (unpaired) electrons. The van der Waals surface area contributed by atoms with Gasteiger partial charge in [0.25, 0.3) is 5.91 Å². The lowest BCUT2D eigenvalue weighted by atomic mass is 10.2. The van der Waals surface area contributed by atoms with Crippen LogP contribution in [0.2, 0.25) is 5.02 Å². The van der Waals surface area contributed by atoms with Crippen LogP contribution in [0.5, 0.6) is 0 Å². The Hall–Kier alpha value is -2.04. The lowest BCUT2D eigenvalue weighted by Crippen LogP contribution is -3.15. The standard InChI is InChI=1S/C18H20ClN3O/c19-15-5-4-6-16(13-15)20-18(23)14-21-9-11-22(12-10-21)17-7-2-1-3-8-17/h1-8,13H,9-12,14H2,(H,20,23)/p+1. The number of nitrogens with zero attached hydrogens (tertiary/aromatic N) is 1. The van der Waals surface area contributed by atoms with Crippen molar-refractivity contribution in [3.8, 4) is 0 Å². The van der Waals surface area contributed by atoms with Crippen LogP contribution in [0.1, 0.15) is 0 Å². The number of para-hydroxylation sites is 1. The van der Waals surface area contributed by atoms with Gasteiger partial charge in [-0.15, -0.1) is 0 Å². The molecule has 23 heavy (non-hydrogen) atoms. The van der Waals surface area contributed by atoms with Crippen molar-refractivity contribution in [3.05, 3.63) is 59.6 Å². The van der Waals surface area contributed by atoms with Gasteiger partial charge in [0, 0.05) is 16.4 Å². The molecule has 3 rings (SSSR count). The van der Waals surface area contributed by atoms with Crippen LogP contribution >= 0.6 is 11.6 Å². The molecule has 0 unspecified atom stereocenters. The summed E-state index contributed by atoms with van der Waals surface area (Å²) in [6, 6.07) is 17.7. The van der Waals surface area contributed by atoms with Gasteiger partial charge in [0.1, 0.15) is 0 Å². The molecule has 0 aromatic heterocycles. The monoisotopic (exact) mass is 330 g/mol. The van der Waals surface area contributed by atoms with E-state index in [1.54, 1.807) is 12.1 Å². The van der Waals surface area contributed by atoms with E-state index >= 15 is 0 Å². The van der Waals surface area contributed by atoms with Gasteiger partial charge < -0.3 is 15.1 Å². The van der Waals surface area contributed by atoms with Gasteiger partial charge in [-0.05, 0) is 30.3 Å². The Morgan fingerprint density at radius 2 is 1.83 bits per heavy atom. The number of nitrogens with one attached hydrogen (secondary N) is 2. The van der Waals surface area contributed by atoms with Crippen molar-refractivity contribution in [1.82, 2.24) is 0 Å². The van der Waals surface area contributed by atoms with Gasteiger partial charge in [0.15, 0.2) is 6.54 Å². The second kappa shape index (κ2) is 7.49. The summed E-state index contributed by atoms with van der Waals surface area (Å²) in [7, 11) is 0. The summed E-state index contributed by atoms with van der Waals surface area (Å²) in [4.78, 5) is 15.8. The minimum Gasteiger partial charge on any atom is -0.360 e. The maximum atomic E-state index is 12.2. The Kier molecular flexibility index (Phi) is 5.16. The van der Waals surface area contributed by atoms with Crippen molar-refractivity contribution in [3.63, 3.8) is 0 Å². The first-order chi connectivity index (χ1) is 11.2. The molecule has 0 aliphatic carbocycles. The maximum absolute atomic E-state index is 12.2. The average molecular weight is 331 g/mol. The zero-order valence-electron chi connectivity index (χ0n) is 13.0. The molecule has 1 heterocycles. The predicted molar refractivity (Wildman–Crippen MR) is 94.3 cm³/mol. The minimum atomic E-state index is 0.0374. The summed E-state index contributed by atoms with van der Waals surface area (Å²) in [6.07, 6.45) is 0. The molecule has 0 saturated carbocycles. The first kappa shape index (κ1) is 15.8. The summed E-state index contributed by atoms with van der Waals surface area (Å²) in [5, 5.41) is 3.55. The molecule has 0 atom stereocenters. The summed E-state index contributed by atoms with van der Waals surface area (Å²) >= 11 is 5.93. The van der Waals surface area contributed by atoms with Crippen molar-refractivity contribution in [2.24, 2.45) is 0 Å². The number of halogens is 1. The number of anilines is 2. The van der Waals surface area contributed by atoms with Gasteiger partial charge >= 0.3 is 0 Å². The summed E-state index contributed by atoms with van der Waals surface area (Å²) < 4.78 is 0. The highest BCUT2D eigenvalue weighted by atomic mass is 35.5. The van der Waals surface area contributed by atoms with E-state index < -0.39 is 0 Å². The molecule has 0 spiro atoms. The lowest BCUT2D eigenvalue weighted by molar-refractivity contribution is -0.892. The average Bonchev–Trinajstić information content (AvgIpc) is 2.56. The van der Waals surface area contributed by atoms with Crippen LogP contribution in [0.25, 0.3) is 0 Å². The third-order valence-corrected chi connectivity index (χ3v) is 4.35. The summed E-state index contributed by atoms with van der Waals surface area (Å²) in [5.74, 6) is 0.0374. The van der Waals surface area contributed by atoms with Crippen molar-refractivity contribution in [2.45, 2.75) is 0 Å². The predicted octanol–water partition coefficient (Wildman–Crippen LogP) is 1.68. The number of hydrogen-bond acceptors (Lipinski definition) is 2. The van der Waals surface area contributed by atoms with Gasteiger partial charge in [-0.1, -0.05) is 35.9 Å². The highest BCUT2D eigenvalue weighted by Gasteiger charge is 2.22. The number of piperazine rings is 1. The van der Waals surface area contributed by atoms with Gasteiger partial charge in [-0.3, -0.25) is 4.79 Å². The van der Waals surface area contributed by atoms with Crippen LogP contribution in [0.4, 0.5) is 11.4 Å². The fraction of sp³-hybridized carbons (Fsp3) is 0.278. The van der Waals surface area contributed by atoms with Gasteiger partial charge in [0.2, 0.25) is 0 Å². The van der Waals surface area contributed by atoms with Crippen molar-refractivity contribution in [1.29, 1.82) is 0 Å². The molecule has 1 aliphatic rings. The lowest BCUT2D eigenvalue weighted by Gasteiger charge is -2.33. The molecule has 2 aromatic rings. The molecule has 120 valence electrons. The van der Waals surface area contributed by atoms with Crippen LogP contribution in [0.15, 0.2) is 54.6 Å². The highest BCUT2D eigenvalue weighted by molar-refractivity contribution is 6.30. The molecule has 4 nitrogen and oxygen atoms in total. The van der Waals surface area contributed by atoms with Gasteiger partial charge in [-0.2, -0.15) is 0 Å². The van der Waals surface area contributed by atoms with E-state index in [1.807, 2.05) is 18.2 Å². The largest absolute Gasteiger partial charge is 0.360 e. The number of carbonyl (C=O) groups is 1. The zero-order valence-corrected chi connectivity index (χ0v) is 13.7. The number of quaternary nitrogens is 1. The van der Waals surface area contributed by atoms with E-state index in [4.69, 9.17) is 11.6 Å². The van der Waals surface area contributed by atoms with Gasteiger partial charge in [0.05, 0.1) is 26.2 Å². The van der Waals surface area contributed by atoms with E-state index in [-0.39, 0.29) is 5.91 Å². The maximum Gasteiger partial charge on any atom is 0.279 e. The smallest absolute Gasteiger partial charge is 0.279 e. The normalized spacial score (nSPS) is 15.4. The molecular weight excluding hydrogens is 310 g/mol. The topological polar surface area (TPSA) is 36.8 Å². The van der Waals surface area contributed by atoms with Crippen LogP contribution in [-0.2, 0) is 4.79 Å². The Bertz CT molecular complexity index is 654. The number of rotatable bonds is 4. The molecule has 2 aromatic carbocycles. The summed E-state index contributed by atoms with van der Waals surface area (Å²) in [5.41, 5.74) is 2.01. The molecule has 1 aliphatic heterocycles. The van der Waals surface area contributed by atoms with Crippen molar-refractivity contribution < 1.29 is 9.69 Å². The Labute approximate surface area is 141 Å². The van der Waals surface area contributed by atoms with Crippen LogP contribution in [0, 0.1) is 0 Å². The number of benzene rings is 2. The Morgan fingerprint density at radius 1 is 1.09 bits per heavy atom. The fourth-order valence-electron chi connectivity index (χ4n) is 2.90. The van der Waals surface area contributed by atoms with Crippen molar-refractivity contribution >= 4 is 28.9 Å². The first-order valence-corrected chi connectivity index (χ1v) is 8.27. The fourth-order valence-corrected chi connectivity index (χ4v) is 3.09. The number of hydrogen-bond donors (Lipinski definition) is 2. The molecule has 0 bridgehead atoms. The van der Waals surface area contributed by atoms with E-state index in [0.29, 0.717) is 11.6 Å². The SMILES string of the molecule is O=C(C[NH+]1CCN(c2ccccc2)CC1)Nc1cccc(Cl)c1. The molecule has 1 fully saturated rings. The molecule has 1 amide bonds. The summed E-state index contributed by atoms with van der Waals surface area (Å²) in [6.45, 7) is 4.39. The van der Waals surface area contributed by atoms with E-state index in [1.165, 1.54) is 10.6 Å². The van der Waals surface area contributed by atoms with E-state index in [2.05, 4.69) is 34.5 Å². The molecular formula is C18H21ClN3O+. The number of amides is 1. The van der Waals surface area contributed by atoms with Crippen LogP contribution < -0.4 is 15.1 Å². The molecule has 1 saturated heterocycles. The highest BCUT2D eigenvalue weighted by Crippen LogP contribution is 2.14. The molecule has 5 heteroatoms. The quantitative estimate of drug-likeness (QED) is 0.895. The second-order valence-electron chi connectivity index (χ2n) is 5.81. The van der Waals surface area contributed by atoms with Crippen LogP contribution in [0.3, 0.4) is 0 Å². The minimum absolute atomic E-state index is 0.0374. The third-order valence-electron chi connectivity index (χ3n) is 4.11. The zero-order chi connectivity index (χ0) is 16.1. The first-order valence-electron chi connectivity index (χ1n) is 7.90. The van der Waals surface area contributed by atoms with Gasteiger partial charge in [-0.25, -0.2) is 0 Å². The Balaban J connectivity index is 1.48. The number of carbonyl (C=O) groups excluding carboxylic acids is 1. The van der Waals surface area contributed by atoms with Crippen LogP contribution in [-0.4, -0.2) is 38.6 Å². The third kappa shape index (κ3) is 4.47. The Morgan fingerprint density at radius 3 is 2.52 bits per heavy atom. The van der Waals surface area contributed by atoms with Crippen molar-refractivity contribution in [2.75, 3.05) is 42.9 Å². The second-order valence-corrected chi connectivity index (χ2v) is 6.24. The molecule has 2 N–H and O–H groups in total.